The second kappa shape index (κ2) is 43.5. The highest BCUT2D eigenvalue weighted by molar-refractivity contribution is 6.00. The molecule has 38 heteroatoms. The predicted octanol–water partition coefficient (Wildman–Crippen LogP) is -7.71. The highest BCUT2D eigenvalue weighted by Gasteiger charge is 2.39. The number of nitrogens with zero attached hydrogens (tertiary/aromatic N) is 1. The lowest BCUT2D eigenvalue weighted by Gasteiger charge is -2.29. The number of imidazole rings is 1. The van der Waals surface area contributed by atoms with E-state index < -0.39 is 224 Å². The second-order valence-corrected chi connectivity index (χ2v) is 24.9. The van der Waals surface area contributed by atoms with Crippen LogP contribution in [0.1, 0.15) is 124 Å². The number of hydrogen-bond donors (Lipinski definition) is 22. The SMILES string of the molecule is CC[C@H](C)[C@H](NC(=O)[C@H](CCC(N)=O)NC(=O)[C@H](CC(N)=O)NC(=O)[C@H](CC(C)C)NC(=O)[C@H](Cc1cnc[nH]1)NC(=O)[C@H](CCCCN)NC(=O)[C@@H](NC(=O)[C@@H](N)C(C)C)[C@@H](C)O)C(=O)N[C@@H](CO)C(=O)N[C@@H](CCC(N)=O)C(=O)N[C@@H](CO)C(=O)N[C@@H](Cc1ccc(O)cc1)C(=O)O. The van der Waals surface area contributed by atoms with Gasteiger partial charge in [0.05, 0.1) is 38.1 Å². The fraction of sp³-hybridized carbons (Fsp3) is 0.613. The van der Waals surface area contributed by atoms with Crippen LogP contribution in [0.5, 0.6) is 5.75 Å². The van der Waals surface area contributed by atoms with Gasteiger partial charge in [-0.2, -0.15) is 0 Å². The zero-order valence-corrected chi connectivity index (χ0v) is 57.0. The van der Waals surface area contributed by atoms with Crippen molar-refractivity contribution in [2.24, 2.45) is 46.4 Å². The van der Waals surface area contributed by atoms with Crippen LogP contribution in [0.15, 0.2) is 36.8 Å². The van der Waals surface area contributed by atoms with Crippen molar-refractivity contribution in [2.45, 2.75) is 204 Å². The van der Waals surface area contributed by atoms with Gasteiger partial charge in [0.2, 0.25) is 82.7 Å². The first-order valence-electron chi connectivity index (χ1n) is 32.5. The van der Waals surface area contributed by atoms with Gasteiger partial charge in [-0.25, -0.2) is 9.78 Å². The number of primary amides is 3. The summed E-state index contributed by atoms with van der Waals surface area (Å²) in [7, 11) is 0. The number of nitrogens with one attached hydrogen (secondary N) is 12. The number of aliphatic hydroxyl groups is 3. The monoisotopic (exact) mass is 1420 g/mol. The first kappa shape index (κ1) is 86.2. The van der Waals surface area contributed by atoms with Gasteiger partial charge in [0.15, 0.2) is 0 Å². The molecule has 100 heavy (non-hydrogen) atoms. The average molecular weight is 1420 g/mol. The molecule has 0 saturated carbocycles. The molecule has 0 aliphatic heterocycles. The number of aromatic amines is 1. The van der Waals surface area contributed by atoms with E-state index in [4.69, 9.17) is 28.7 Å². The Bertz CT molecular complexity index is 3100. The number of aromatic nitrogens is 2. The largest absolute Gasteiger partial charge is 0.508 e. The summed E-state index contributed by atoms with van der Waals surface area (Å²) in [6, 6.07) is -14.4. The van der Waals surface area contributed by atoms with Gasteiger partial charge in [0.1, 0.15) is 72.2 Å². The summed E-state index contributed by atoms with van der Waals surface area (Å²) < 4.78 is 0. The summed E-state index contributed by atoms with van der Waals surface area (Å²) >= 11 is 0. The number of amides is 14. The predicted molar refractivity (Wildman–Crippen MR) is 354 cm³/mol. The average Bonchev–Trinajstić information content (AvgIpc) is 0.976. The standard InChI is InChI=1S/C62H100N18O20/c1-8-31(6)49(60(97)78-44(27-82)57(94)71-37(16-18-45(64)85)52(89)77-43(26-81)58(95)76-42(62(99)100)22-33-12-14-35(84)15-13-33)79-53(90)38(17-19-46(65)86)70-56(93)41(24-47(66)87)75-54(91)39(21-29(2)3)73-55(92)40(23-34-25-68-28-69-34)74-51(88)36(11-9-10-20-63)72-61(98)50(32(7)83)80-59(96)48(67)30(4)5/h12-15,25,28-32,36-44,48-50,81-84H,8-11,16-24,26-27,63,67H2,1-7H3,(H2,64,85)(H2,65,86)(H2,66,87)(H,68,69)(H,70,93)(H,71,94)(H,72,98)(H,73,92)(H,74,88)(H,75,91)(H,76,95)(H,77,89)(H,78,97)(H,79,90)(H,80,96)(H,99,100)/t31-,32+,36-,37-,38-,39-,40-,41-,42-,43-,44-,48-,49-,50-/m0/s1. The maximum atomic E-state index is 14.5. The number of phenols is 1. The number of carboxylic acids is 1. The Kier molecular flexibility index (Phi) is 37.5. The highest BCUT2D eigenvalue weighted by Crippen LogP contribution is 2.15. The third-order valence-electron chi connectivity index (χ3n) is 15.7. The number of carbonyl (C=O) groups excluding carboxylic acids is 14. The Morgan fingerprint density at radius 3 is 1.38 bits per heavy atom. The van der Waals surface area contributed by atoms with Crippen LogP contribution in [-0.2, 0) is 84.8 Å². The number of benzene rings is 1. The van der Waals surface area contributed by atoms with Crippen molar-refractivity contribution in [2.75, 3.05) is 19.8 Å². The molecule has 0 aliphatic carbocycles. The van der Waals surface area contributed by atoms with Gasteiger partial charge >= 0.3 is 5.97 Å². The first-order chi connectivity index (χ1) is 47.0. The minimum atomic E-state index is -1.95. The smallest absolute Gasteiger partial charge is 0.326 e. The number of nitrogens with two attached hydrogens (primary N) is 5. The van der Waals surface area contributed by atoms with Gasteiger partial charge in [-0.1, -0.05) is 60.1 Å². The van der Waals surface area contributed by atoms with E-state index in [9.17, 15) is 97.5 Å². The van der Waals surface area contributed by atoms with Gasteiger partial charge in [0, 0.05) is 37.6 Å². The number of unbranched alkanes of at least 4 members (excludes halogenated alkanes) is 1. The summed E-state index contributed by atoms with van der Waals surface area (Å²) in [4.78, 5) is 209. The molecule has 0 bridgehead atoms. The van der Waals surface area contributed by atoms with Crippen molar-refractivity contribution < 1.29 is 97.5 Å². The van der Waals surface area contributed by atoms with E-state index in [-0.39, 0.29) is 56.7 Å². The van der Waals surface area contributed by atoms with Gasteiger partial charge in [-0.15, -0.1) is 0 Å². The number of aromatic hydroxyl groups is 1. The fourth-order valence-electron chi connectivity index (χ4n) is 9.61. The second-order valence-electron chi connectivity index (χ2n) is 24.9. The van der Waals surface area contributed by atoms with Crippen molar-refractivity contribution in [3.05, 3.63) is 48.0 Å². The van der Waals surface area contributed by atoms with E-state index in [1.807, 2.05) is 0 Å². The summed E-state index contributed by atoms with van der Waals surface area (Å²) in [6.45, 7) is 8.89. The quantitative estimate of drug-likeness (QED) is 0.0274. The first-order valence-corrected chi connectivity index (χ1v) is 32.5. The van der Waals surface area contributed by atoms with E-state index in [1.54, 1.807) is 34.6 Å². The van der Waals surface area contributed by atoms with E-state index in [2.05, 4.69) is 68.5 Å². The van der Waals surface area contributed by atoms with E-state index in [0.29, 0.717) is 17.7 Å². The Labute approximate surface area is 576 Å². The van der Waals surface area contributed by atoms with Crippen LogP contribution in [0.25, 0.3) is 0 Å². The molecule has 14 atom stereocenters. The molecule has 1 heterocycles. The number of carboxylic acid groups (broad SMARTS) is 1. The lowest BCUT2D eigenvalue weighted by Crippen LogP contribution is -2.62. The Hall–Kier alpha value is -9.92. The Morgan fingerprint density at radius 1 is 0.500 bits per heavy atom. The third kappa shape index (κ3) is 30.5. The molecular formula is C62H100N18O20. The molecule has 38 nitrogen and oxygen atoms in total. The summed E-state index contributed by atoms with van der Waals surface area (Å²) in [6.07, 6.45) is -2.09. The van der Waals surface area contributed by atoms with Crippen LogP contribution < -0.4 is 87.2 Å². The maximum absolute atomic E-state index is 14.5. The van der Waals surface area contributed by atoms with Gasteiger partial charge in [-0.3, -0.25) is 67.1 Å². The normalized spacial score (nSPS) is 15.4. The number of phenolic OH excluding ortho intramolecular Hbond substituents is 1. The Balaban J connectivity index is 2.46. The van der Waals surface area contributed by atoms with Crippen molar-refractivity contribution >= 4 is 88.7 Å². The number of H-pyrrole nitrogens is 1. The van der Waals surface area contributed by atoms with Gasteiger partial charge in [-0.05, 0) is 87.4 Å². The van der Waals surface area contributed by atoms with Crippen molar-refractivity contribution in [1.82, 2.24) is 68.5 Å². The van der Waals surface area contributed by atoms with E-state index in [1.165, 1.54) is 50.6 Å². The number of aliphatic carboxylic acids is 1. The number of carbonyl (C=O) groups is 15. The molecule has 0 fully saturated rings. The molecule has 1 aromatic carbocycles. The van der Waals surface area contributed by atoms with E-state index >= 15 is 0 Å². The van der Waals surface area contributed by atoms with Crippen molar-refractivity contribution in [3.8, 4) is 5.75 Å². The molecule has 0 saturated heterocycles. The Morgan fingerprint density at radius 2 is 0.920 bits per heavy atom. The van der Waals surface area contributed by atoms with Crippen LogP contribution in [-0.4, -0.2) is 223 Å². The van der Waals surface area contributed by atoms with Crippen LogP contribution >= 0.6 is 0 Å². The molecule has 27 N–H and O–H groups in total. The highest BCUT2D eigenvalue weighted by atomic mass is 16.4. The van der Waals surface area contributed by atoms with Crippen molar-refractivity contribution in [3.63, 3.8) is 0 Å². The number of aliphatic hydroxyl groups excluding tert-OH is 3. The summed E-state index contributed by atoms with van der Waals surface area (Å²) in [5.41, 5.74) is 28.7. The minimum absolute atomic E-state index is 0.0471. The van der Waals surface area contributed by atoms with Crippen molar-refractivity contribution in [1.29, 1.82) is 0 Å². The lowest BCUT2D eigenvalue weighted by atomic mass is 9.97. The summed E-state index contributed by atoms with van der Waals surface area (Å²) in [5.74, 6) is -18.4. The molecule has 0 spiro atoms. The molecule has 558 valence electrons. The molecule has 1 aromatic heterocycles. The van der Waals surface area contributed by atoms with Gasteiger partial charge in [0.25, 0.3) is 0 Å². The molecule has 2 aromatic rings. The zero-order chi connectivity index (χ0) is 75.7. The molecule has 14 amide bonds. The third-order valence-corrected chi connectivity index (χ3v) is 15.7. The van der Waals surface area contributed by atoms with Gasteiger partial charge < -0.3 is 118 Å². The lowest BCUT2D eigenvalue weighted by molar-refractivity contribution is -0.142. The van der Waals surface area contributed by atoms with E-state index in [0.717, 1.165) is 0 Å². The topological polar surface area (TPSA) is 648 Å². The van der Waals surface area contributed by atoms with Crippen LogP contribution in [0.3, 0.4) is 0 Å². The molecule has 0 unspecified atom stereocenters. The number of rotatable bonds is 47. The molecule has 2 rings (SSSR count). The molecule has 0 radical (unpaired) electrons. The summed E-state index contributed by atoms with van der Waals surface area (Å²) in [5, 5.41) is 76.5. The fourth-order valence-corrected chi connectivity index (χ4v) is 9.61. The zero-order valence-electron chi connectivity index (χ0n) is 57.0. The van der Waals surface area contributed by atoms with Crippen LogP contribution in [0.2, 0.25) is 0 Å². The van der Waals surface area contributed by atoms with Crippen LogP contribution in [0.4, 0.5) is 0 Å². The minimum Gasteiger partial charge on any atom is -0.508 e. The maximum Gasteiger partial charge on any atom is 0.326 e. The van der Waals surface area contributed by atoms with Crippen LogP contribution in [0, 0.1) is 17.8 Å². The molecule has 0 aliphatic rings. The molecular weight excluding hydrogens is 1320 g/mol. The number of hydrogen-bond acceptors (Lipinski definition) is 22.